The van der Waals surface area contributed by atoms with E-state index in [4.69, 9.17) is 14.6 Å². The van der Waals surface area contributed by atoms with Crippen molar-refractivity contribution in [2.75, 3.05) is 14.2 Å². The Bertz CT molecular complexity index is 1110. The zero-order chi connectivity index (χ0) is 21.6. The Labute approximate surface area is 182 Å². The third-order valence-electron chi connectivity index (χ3n) is 5.25. The number of carbonyl (C=O) groups excluding carboxylic acids is 1. The summed E-state index contributed by atoms with van der Waals surface area (Å²) in [4.78, 5) is 13.1. The van der Waals surface area contributed by atoms with Gasteiger partial charge in [0.1, 0.15) is 0 Å². The standard InChI is InChI=1S/C26H24N2O3/c1-30-24-15-14-21(17-25(24)31-2)23-18-22(20-11-7-4-8-12-20)27-28(23)26(29)16-13-19-9-5-3-6-10-19/h3-17,23H,18H2,1-2H3. The molecule has 0 saturated carbocycles. The van der Waals surface area contributed by atoms with Gasteiger partial charge in [0.25, 0.3) is 5.91 Å². The molecule has 3 aromatic rings. The second-order valence-corrected chi connectivity index (χ2v) is 7.17. The van der Waals surface area contributed by atoms with Crippen molar-refractivity contribution >= 4 is 17.7 Å². The Balaban J connectivity index is 1.67. The van der Waals surface area contributed by atoms with Crippen LogP contribution in [0.25, 0.3) is 6.08 Å². The van der Waals surface area contributed by atoms with Gasteiger partial charge >= 0.3 is 0 Å². The van der Waals surface area contributed by atoms with E-state index in [2.05, 4.69) is 0 Å². The number of hydrogen-bond donors (Lipinski definition) is 0. The summed E-state index contributed by atoms with van der Waals surface area (Å²) in [7, 11) is 3.21. The van der Waals surface area contributed by atoms with Gasteiger partial charge in [0.05, 0.1) is 26.0 Å². The van der Waals surface area contributed by atoms with Gasteiger partial charge in [0.15, 0.2) is 11.5 Å². The van der Waals surface area contributed by atoms with Crippen molar-refractivity contribution in [1.29, 1.82) is 0 Å². The fraction of sp³-hybridized carbons (Fsp3) is 0.154. The van der Waals surface area contributed by atoms with Crippen molar-refractivity contribution in [3.63, 3.8) is 0 Å². The molecule has 1 aliphatic rings. The van der Waals surface area contributed by atoms with Crippen molar-refractivity contribution in [1.82, 2.24) is 5.01 Å². The minimum Gasteiger partial charge on any atom is -0.493 e. The molecule has 0 fully saturated rings. The molecule has 3 aromatic carbocycles. The van der Waals surface area contributed by atoms with Gasteiger partial charge < -0.3 is 9.47 Å². The van der Waals surface area contributed by atoms with E-state index in [1.54, 1.807) is 25.3 Å². The lowest BCUT2D eigenvalue weighted by Crippen LogP contribution is -2.25. The summed E-state index contributed by atoms with van der Waals surface area (Å²) in [6.07, 6.45) is 4.00. The highest BCUT2D eigenvalue weighted by Gasteiger charge is 2.32. The monoisotopic (exact) mass is 412 g/mol. The third-order valence-corrected chi connectivity index (χ3v) is 5.25. The molecule has 1 aliphatic heterocycles. The number of nitrogens with zero attached hydrogens (tertiary/aromatic N) is 2. The lowest BCUT2D eigenvalue weighted by molar-refractivity contribution is -0.127. The molecule has 0 aromatic heterocycles. The fourth-order valence-electron chi connectivity index (χ4n) is 3.65. The van der Waals surface area contributed by atoms with Gasteiger partial charge in [-0.3, -0.25) is 4.79 Å². The van der Waals surface area contributed by atoms with Crippen LogP contribution in [0.2, 0.25) is 0 Å². The maximum Gasteiger partial charge on any atom is 0.267 e. The number of hydrogen-bond acceptors (Lipinski definition) is 4. The molecular formula is C26H24N2O3. The molecule has 4 rings (SSSR count). The van der Waals surface area contributed by atoms with Gasteiger partial charge in [-0.2, -0.15) is 5.10 Å². The molecule has 1 amide bonds. The highest BCUT2D eigenvalue weighted by molar-refractivity contribution is 6.04. The summed E-state index contributed by atoms with van der Waals surface area (Å²) in [5, 5.41) is 6.26. The summed E-state index contributed by atoms with van der Waals surface area (Å²) in [5.41, 5.74) is 3.79. The van der Waals surface area contributed by atoms with Gasteiger partial charge in [-0.05, 0) is 34.9 Å². The van der Waals surface area contributed by atoms with Crippen LogP contribution in [-0.2, 0) is 4.79 Å². The van der Waals surface area contributed by atoms with Crippen molar-refractivity contribution < 1.29 is 14.3 Å². The second kappa shape index (κ2) is 9.30. The van der Waals surface area contributed by atoms with E-state index < -0.39 is 0 Å². The summed E-state index contributed by atoms with van der Waals surface area (Å²) in [6.45, 7) is 0. The Morgan fingerprint density at radius 2 is 1.61 bits per heavy atom. The summed E-state index contributed by atoms with van der Waals surface area (Å²) < 4.78 is 10.8. The van der Waals surface area contributed by atoms with Crippen LogP contribution in [0.3, 0.4) is 0 Å². The van der Waals surface area contributed by atoms with Crippen LogP contribution >= 0.6 is 0 Å². The third kappa shape index (κ3) is 4.51. The normalized spacial score (nSPS) is 15.7. The van der Waals surface area contributed by atoms with Gasteiger partial charge in [0.2, 0.25) is 0 Å². The maximum absolute atomic E-state index is 13.1. The highest BCUT2D eigenvalue weighted by Crippen LogP contribution is 2.37. The number of carbonyl (C=O) groups is 1. The molecule has 0 saturated heterocycles. The Kier molecular flexibility index (Phi) is 6.13. The molecule has 0 spiro atoms. The van der Waals surface area contributed by atoms with E-state index in [0.717, 1.165) is 22.4 Å². The zero-order valence-corrected chi connectivity index (χ0v) is 17.6. The molecule has 0 radical (unpaired) electrons. The summed E-state index contributed by atoms with van der Waals surface area (Å²) >= 11 is 0. The molecule has 0 N–H and O–H groups in total. The first kappa shape index (κ1) is 20.4. The van der Waals surface area contributed by atoms with E-state index in [1.165, 1.54) is 0 Å². The largest absolute Gasteiger partial charge is 0.493 e. The van der Waals surface area contributed by atoms with E-state index in [-0.39, 0.29) is 11.9 Å². The first-order chi connectivity index (χ1) is 15.2. The highest BCUT2D eigenvalue weighted by atomic mass is 16.5. The van der Waals surface area contributed by atoms with Crippen LogP contribution in [0.5, 0.6) is 11.5 Å². The van der Waals surface area contributed by atoms with Crippen molar-refractivity contribution in [3.05, 3.63) is 102 Å². The Morgan fingerprint density at radius 3 is 2.29 bits per heavy atom. The van der Waals surface area contributed by atoms with Crippen molar-refractivity contribution in [2.45, 2.75) is 12.5 Å². The lowest BCUT2D eigenvalue weighted by Gasteiger charge is -2.21. The number of benzene rings is 3. The molecule has 5 heteroatoms. The predicted molar refractivity (Wildman–Crippen MR) is 122 cm³/mol. The van der Waals surface area contributed by atoms with Gasteiger partial charge in [-0.1, -0.05) is 66.7 Å². The van der Waals surface area contributed by atoms with Gasteiger partial charge in [-0.15, -0.1) is 0 Å². The van der Waals surface area contributed by atoms with Crippen molar-refractivity contribution in [2.24, 2.45) is 5.10 Å². The fourth-order valence-corrected chi connectivity index (χ4v) is 3.65. The van der Waals surface area contributed by atoms with E-state index in [0.29, 0.717) is 17.9 Å². The van der Waals surface area contributed by atoms with Crippen LogP contribution in [0, 0.1) is 0 Å². The van der Waals surface area contributed by atoms with E-state index in [9.17, 15) is 4.79 Å². The van der Waals surface area contributed by atoms with Gasteiger partial charge in [-0.25, -0.2) is 5.01 Å². The predicted octanol–water partition coefficient (Wildman–Crippen LogP) is 5.09. The lowest BCUT2D eigenvalue weighted by atomic mass is 9.98. The molecular weight excluding hydrogens is 388 g/mol. The van der Waals surface area contributed by atoms with Gasteiger partial charge in [0, 0.05) is 12.5 Å². The number of ether oxygens (including phenoxy) is 2. The zero-order valence-electron chi connectivity index (χ0n) is 17.6. The van der Waals surface area contributed by atoms with Crippen LogP contribution in [0.1, 0.15) is 29.2 Å². The average Bonchev–Trinajstić information content (AvgIpc) is 3.29. The number of methoxy groups -OCH3 is 2. The molecule has 5 nitrogen and oxygen atoms in total. The Hall–Kier alpha value is -3.86. The van der Waals surface area contributed by atoms with Crippen LogP contribution in [0.15, 0.2) is 90.0 Å². The Morgan fingerprint density at radius 1 is 0.935 bits per heavy atom. The average molecular weight is 412 g/mol. The molecule has 0 aliphatic carbocycles. The van der Waals surface area contributed by atoms with Crippen molar-refractivity contribution in [3.8, 4) is 11.5 Å². The first-order valence-corrected chi connectivity index (χ1v) is 10.1. The molecule has 31 heavy (non-hydrogen) atoms. The van der Waals surface area contributed by atoms with Crippen LogP contribution in [0.4, 0.5) is 0 Å². The summed E-state index contributed by atoms with van der Waals surface area (Å²) in [6, 6.07) is 25.2. The number of amides is 1. The number of hydrazone groups is 1. The smallest absolute Gasteiger partial charge is 0.267 e. The molecule has 1 atom stereocenters. The minimum atomic E-state index is -0.233. The molecule has 1 heterocycles. The van der Waals surface area contributed by atoms with Crippen LogP contribution in [-0.4, -0.2) is 30.8 Å². The van der Waals surface area contributed by atoms with Crippen LogP contribution < -0.4 is 9.47 Å². The van der Waals surface area contributed by atoms with E-state index in [1.807, 2.05) is 84.9 Å². The van der Waals surface area contributed by atoms with E-state index >= 15 is 0 Å². The molecule has 0 bridgehead atoms. The quantitative estimate of drug-likeness (QED) is 0.530. The minimum absolute atomic E-state index is 0.172. The topological polar surface area (TPSA) is 51.1 Å². The summed E-state index contributed by atoms with van der Waals surface area (Å²) in [5.74, 6) is 1.10. The maximum atomic E-state index is 13.1. The molecule has 1 unspecified atom stereocenters. The molecule has 156 valence electrons. The first-order valence-electron chi connectivity index (χ1n) is 10.1. The number of rotatable bonds is 6. The SMILES string of the molecule is COc1ccc(C2CC(c3ccccc3)=NN2C(=O)C=Cc2ccccc2)cc1OC. The second-order valence-electron chi connectivity index (χ2n) is 7.17.